The molecule has 16 nitrogen and oxygen atoms in total. The number of hydrogen-bond acceptors (Lipinski definition) is 12. The number of ether oxygens (including phenoxy) is 3. The SMILES string of the molecule is CCOc1nc(N)nc2c1ncn2C(C)OC(CC)COP(=O)(O)NCCCCCCNP(=O)(OC)OC1COC[C@]1(C)F. The molecule has 2 aromatic rings. The lowest BCUT2D eigenvalue weighted by atomic mass is 10.1. The van der Waals surface area contributed by atoms with Gasteiger partial charge in [0.05, 0.1) is 38.9 Å². The zero-order valence-corrected chi connectivity index (χ0v) is 27.7. The second kappa shape index (κ2) is 16.7. The molecule has 1 saturated heterocycles. The predicted molar refractivity (Wildman–Crippen MR) is 161 cm³/mol. The number of fused-ring (bicyclic) bond motifs is 1. The van der Waals surface area contributed by atoms with Crippen LogP contribution in [-0.4, -0.2) is 88.9 Å². The van der Waals surface area contributed by atoms with Crippen molar-refractivity contribution in [2.75, 3.05) is 52.4 Å². The van der Waals surface area contributed by atoms with Gasteiger partial charge in [-0.2, -0.15) is 9.97 Å². The van der Waals surface area contributed by atoms with Crippen molar-refractivity contribution in [1.82, 2.24) is 29.7 Å². The summed E-state index contributed by atoms with van der Waals surface area (Å²) in [5, 5.41) is 5.30. The zero-order valence-electron chi connectivity index (χ0n) is 25.9. The summed E-state index contributed by atoms with van der Waals surface area (Å²) in [4.78, 5) is 22.9. The first-order valence-corrected chi connectivity index (χ1v) is 17.8. The number of halogens is 1. The molecule has 0 aromatic carbocycles. The lowest BCUT2D eigenvalue weighted by Gasteiger charge is -2.25. The van der Waals surface area contributed by atoms with Crippen LogP contribution in [-0.2, 0) is 32.2 Å². The van der Waals surface area contributed by atoms with Crippen LogP contribution in [0.5, 0.6) is 5.88 Å². The number of nitrogens with two attached hydrogens (primary N) is 1. The molecule has 0 amide bonds. The number of imidazole rings is 1. The number of hydrogen-bond donors (Lipinski definition) is 4. The number of nitrogens with one attached hydrogen (secondary N) is 2. The standard InChI is InChI=1S/C25H46FN7O9P2/c1-6-19(41-18(3)33-17-28-21-22(33)31-24(27)32-23(21)39-7-2)14-40-43(34,35)29-12-10-8-9-11-13-30-44(36,37-5)42-20-15-38-16-25(20,4)26/h17-20H,6-16H2,1-5H3,(H,30,36)(H2,27,31,32)(H2,29,34,35)/t18?,19?,20?,25-,44?/m0/s1. The predicted octanol–water partition coefficient (Wildman–Crippen LogP) is 3.88. The highest BCUT2D eigenvalue weighted by atomic mass is 31.2. The number of alkyl halides is 1. The molecule has 1 aliphatic heterocycles. The topological polar surface area (TPSA) is 203 Å². The van der Waals surface area contributed by atoms with Crippen LogP contribution in [0.4, 0.5) is 10.3 Å². The van der Waals surface area contributed by atoms with E-state index in [9.17, 15) is 18.4 Å². The highest BCUT2D eigenvalue weighted by molar-refractivity contribution is 7.51. The maximum Gasteiger partial charge on any atom is 0.405 e. The number of unbranched alkanes of at least 4 members (excludes halogenated alkanes) is 3. The van der Waals surface area contributed by atoms with Crippen LogP contribution in [0, 0.1) is 0 Å². The Kier molecular flexibility index (Phi) is 13.9. The number of rotatable bonds is 21. The molecule has 6 atom stereocenters. The fraction of sp³-hybridized carbons (Fsp3) is 0.800. The van der Waals surface area contributed by atoms with Gasteiger partial charge in [-0.05, 0) is 40.0 Å². The summed E-state index contributed by atoms with van der Waals surface area (Å²) < 4.78 is 73.6. The van der Waals surface area contributed by atoms with Gasteiger partial charge in [0.15, 0.2) is 16.8 Å². The average Bonchev–Trinajstić information content (AvgIpc) is 3.54. The van der Waals surface area contributed by atoms with Gasteiger partial charge in [0, 0.05) is 20.2 Å². The van der Waals surface area contributed by atoms with Gasteiger partial charge in [0.25, 0.3) is 0 Å². The average molecular weight is 670 g/mol. The van der Waals surface area contributed by atoms with Crippen LogP contribution < -0.4 is 20.6 Å². The van der Waals surface area contributed by atoms with Crippen LogP contribution in [0.3, 0.4) is 0 Å². The third-order valence-electron chi connectivity index (χ3n) is 6.91. The van der Waals surface area contributed by atoms with E-state index in [1.165, 1.54) is 14.0 Å². The van der Waals surface area contributed by atoms with Crippen molar-refractivity contribution in [3.63, 3.8) is 0 Å². The van der Waals surface area contributed by atoms with Gasteiger partial charge in [0.1, 0.15) is 12.3 Å². The molecule has 1 aliphatic rings. The van der Waals surface area contributed by atoms with Crippen molar-refractivity contribution < 1.29 is 46.2 Å². The van der Waals surface area contributed by atoms with Gasteiger partial charge < -0.3 is 29.4 Å². The molecule has 0 aliphatic carbocycles. The van der Waals surface area contributed by atoms with Crippen molar-refractivity contribution in [2.24, 2.45) is 0 Å². The van der Waals surface area contributed by atoms with Crippen LogP contribution in [0.15, 0.2) is 6.33 Å². The van der Waals surface area contributed by atoms with E-state index >= 15 is 0 Å². The van der Waals surface area contributed by atoms with Crippen LogP contribution in [0.2, 0.25) is 0 Å². The minimum absolute atomic E-state index is 0.00343. The maximum atomic E-state index is 14.4. The molecule has 5 unspecified atom stereocenters. The molecule has 2 aromatic heterocycles. The Morgan fingerprint density at radius 1 is 1.23 bits per heavy atom. The molecule has 0 spiro atoms. The van der Waals surface area contributed by atoms with Gasteiger partial charge in [-0.3, -0.25) is 13.6 Å². The molecule has 5 N–H and O–H groups in total. The highest BCUT2D eigenvalue weighted by Crippen LogP contribution is 2.47. The summed E-state index contributed by atoms with van der Waals surface area (Å²) in [5.74, 6) is 0.322. The van der Waals surface area contributed by atoms with E-state index in [0.717, 1.165) is 12.8 Å². The monoisotopic (exact) mass is 669 g/mol. The highest BCUT2D eigenvalue weighted by Gasteiger charge is 2.45. The van der Waals surface area contributed by atoms with Gasteiger partial charge in [0.2, 0.25) is 11.8 Å². The van der Waals surface area contributed by atoms with E-state index in [0.29, 0.717) is 43.6 Å². The smallest absolute Gasteiger partial charge is 0.405 e. The molecule has 0 saturated carbocycles. The summed E-state index contributed by atoms with van der Waals surface area (Å²) in [7, 11) is -6.50. The molecule has 3 heterocycles. The number of nitrogen functional groups attached to an aromatic ring is 1. The quantitative estimate of drug-likeness (QED) is 0.110. The third-order valence-corrected chi connectivity index (χ3v) is 9.66. The van der Waals surface area contributed by atoms with E-state index in [-0.39, 0.29) is 38.2 Å². The molecular formula is C25H46FN7O9P2. The largest absolute Gasteiger partial charge is 0.476 e. The molecule has 0 radical (unpaired) electrons. The minimum Gasteiger partial charge on any atom is -0.476 e. The minimum atomic E-state index is -4.06. The molecule has 1 fully saturated rings. The zero-order chi connectivity index (χ0) is 32.4. The summed E-state index contributed by atoms with van der Waals surface area (Å²) in [6.07, 6.45) is 2.80. The summed E-state index contributed by atoms with van der Waals surface area (Å²) in [6.45, 7) is 7.58. The summed E-state index contributed by atoms with van der Waals surface area (Å²) in [5.41, 5.74) is 4.99. The van der Waals surface area contributed by atoms with Gasteiger partial charge >= 0.3 is 15.5 Å². The van der Waals surface area contributed by atoms with Crippen molar-refractivity contribution in [3.05, 3.63) is 6.33 Å². The lowest BCUT2D eigenvalue weighted by Crippen LogP contribution is -2.36. The Hall–Kier alpha value is -1.78. The maximum absolute atomic E-state index is 14.4. The number of nitrogens with zero attached hydrogens (tertiary/aromatic N) is 4. The molecule has 252 valence electrons. The van der Waals surface area contributed by atoms with Crippen LogP contribution >= 0.6 is 15.5 Å². The van der Waals surface area contributed by atoms with Crippen molar-refractivity contribution in [1.29, 1.82) is 0 Å². The third kappa shape index (κ3) is 10.6. The van der Waals surface area contributed by atoms with E-state index in [4.69, 9.17) is 33.5 Å². The fourth-order valence-corrected chi connectivity index (χ4v) is 6.60. The Morgan fingerprint density at radius 3 is 2.55 bits per heavy atom. The Bertz CT molecular complexity index is 1290. The molecule has 44 heavy (non-hydrogen) atoms. The first-order valence-electron chi connectivity index (χ1n) is 14.7. The Balaban J connectivity index is 1.34. The second-order valence-corrected chi connectivity index (χ2v) is 14.0. The van der Waals surface area contributed by atoms with Gasteiger partial charge in [-0.15, -0.1) is 0 Å². The number of aromatic nitrogens is 4. The van der Waals surface area contributed by atoms with Crippen LogP contribution in [0.25, 0.3) is 11.2 Å². The molecule has 19 heteroatoms. The molecule has 3 rings (SSSR count). The van der Waals surface area contributed by atoms with Crippen molar-refractivity contribution in [2.45, 2.75) is 83.9 Å². The Labute approximate surface area is 257 Å². The second-order valence-electron chi connectivity index (χ2n) is 10.5. The fourth-order valence-electron chi connectivity index (χ4n) is 4.36. The van der Waals surface area contributed by atoms with Gasteiger partial charge in [-0.1, -0.05) is 19.8 Å². The lowest BCUT2D eigenvalue weighted by molar-refractivity contribution is -0.0619. The van der Waals surface area contributed by atoms with Crippen molar-refractivity contribution >= 4 is 32.6 Å². The first-order chi connectivity index (χ1) is 20.8. The van der Waals surface area contributed by atoms with Gasteiger partial charge in [-0.25, -0.2) is 28.7 Å². The van der Waals surface area contributed by atoms with Crippen LogP contribution in [0.1, 0.15) is 66.0 Å². The van der Waals surface area contributed by atoms with E-state index in [1.807, 2.05) is 13.8 Å². The first kappa shape index (κ1) is 36.7. The van der Waals surface area contributed by atoms with Crippen molar-refractivity contribution in [3.8, 4) is 5.88 Å². The summed E-state index contributed by atoms with van der Waals surface area (Å²) in [6, 6.07) is 0. The van der Waals surface area contributed by atoms with E-state index < -0.39 is 39.6 Å². The normalized spacial score (nSPS) is 22.9. The Morgan fingerprint density at radius 2 is 1.93 bits per heavy atom. The molecular weight excluding hydrogens is 623 g/mol. The molecule has 0 bridgehead atoms. The van der Waals surface area contributed by atoms with E-state index in [1.54, 1.807) is 17.8 Å². The van der Waals surface area contributed by atoms with E-state index in [2.05, 4.69) is 25.1 Å². The number of anilines is 1. The summed E-state index contributed by atoms with van der Waals surface area (Å²) >= 11 is 0.